The first-order valence-corrected chi connectivity index (χ1v) is 11.2. The van der Waals surface area contributed by atoms with Gasteiger partial charge in [0.05, 0.1) is 23.1 Å². The lowest BCUT2D eigenvalue weighted by atomic mass is 10.0. The van der Waals surface area contributed by atoms with Crippen LogP contribution in [0, 0.1) is 5.92 Å². The highest BCUT2D eigenvalue weighted by Crippen LogP contribution is 2.33. The molecule has 1 aliphatic carbocycles. The Kier molecular flexibility index (Phi) is 4.53. The van der Waals surface area contributed by atoms with E-state index in [2.05, 4.69) is 80.6 Å². The quantitative estimate of drug-likeness (QED) is 0.290. The highest BCUT2D eigenvalue weighted by Gasteiger charge is 2.18. The third-order valence-electron chi connectivity index (χ3n) is 6.57. The number of H-pyrrole nitrogens is 2. The van der Waals surface area contributed by atoms with Crippen molar-refractivity contribution in [2.45, 2.75) is 25.7 Å². The van der Waals surface area contributed by atoms with Crippen LogP contribution in [0.4, 0.5) is 5.69 Å². The third-order valence-corrected chi connectivity index (χ3v) is 6.57. The summed E-state index contributed by atoms with van der Waals surface area (Å²) in [5, 5.41) is 13.5. The molecule has 5 aromatic rings. The number of hydrogen-bond donors (Lipinski definition) is 3. The van der Waals surface area contributed by atoms with Gasteiger partial charge in [0.15, 0.2) is 0 Å². The first kappa shape index (κ1) is 18.9. The van der Waals surface area contributed by atoms with Crippen molar-refractivity contribution in [3.05, 3.63) is 79.3 Å². The fourth-order valence-electron chi connectivity index (χ4n) is 4.83. The molecule has 0 aliphatic heterocycles. The number of rotatable bonds is 5. The van der Waals surface area contributed by atoms with Crippen LogP contribution in [0.25, 0.3) is 44.3 Å². The average molecular weight is 420 g/mol. The summed E-state index contributed by atoms with van der Waals surface area (Å²) >= 11 is 0. The van der Waals surface area contributed by atoms with Crippen LogP contribution in [-0.2, 0) is 0 Å². The average Bonchev–Trinajstić information content (AvgIpc) is 3.58. The summed E-state index contributed by atoms with van der Waals surface area (Å²) in [7, 11) is 0. The first-order valence-electron chi connectivity index (χ1n) is 11.2. The summed E-state index contributed by atoms with van der Waals surface area (Å²) in [5.74, 6) is 0.569. The molecule has 1 aliphatic rings. The second-order valence-corrected chi connectivity index (χ2v) is 8.70. The van der Waals surface area contributed by atoms with E-state index in [0.717, 1.165) is 50.3 Å². The van der Waals surface area contributed by atoms with Crippen LogP contribution < -0.4 is 5.32 Å². The molecule has 0 spiro atoms. The molecule has 0 bridgehead atoms. The van der Waals surface area contributed by atoms with Gasteiger partial charge in [-0.15, -0.1) is 0 Å². The van der Waals surface area contributed by atoms with Crippen LogP contribution >= 0.6 is 0 Å². The lowest BCUT2D eigenvalue weighted by Crippen LogP contribution is -2.07. The molecule has 32 heavy (non-hydrogen) atoms. The van der Waals surface area contributed by atoms with E-state index in [9.17, 15) is 0 Å². The van der Waals surface area contributed by atoms with Gasteiger partial charge in [0, 0.05) is 33.7 Å². The van der Waals surface area contributed by atoms with Crippen molar-refractivity contribution in [1.29, 1.82) is 0 Å². The molecule has 0 radical (unpaired) electrons. The zero-order valence-corrected chi connectivity index (χ0v) is 17.9. The maximum absolute atomic E-state index is 4.60. The second kappa shape index (κ2) is 7.68. The molecule has 1 fully saturated rings. The summed E-state index contributed by atoms with van der Waals surface area (Å²) in [6.45, 7) is 4.28. The molecular formula is C27H25N5. The van der Waals surface area contributed by atoms with Crippen LogP contribution in [0.5, 0.6) is 0 Å². The number of aromatic nitrogens is 4. The minimum absolute atomic E-state index is 0.569. The molecule has 2 aromatic carbocycles. The third kappa shape index (κ3) is 3.36. The summed E-state index contributed by atoms with van der Waals surface area (Å²) in [5.41, 5.74) is 8.33. The zero-order chi connectivity index (χ0) is 21.5. The monoisotopic (exact) mass is 419 g/mol. The number of hydrogen-bond acceptors (Lipinski definition) is 3. The standard InChI is InChI=1S/C27H25N5/c1-17(18-6-2-3-7-18)29-22-12-21(15-28-16-22)19-10-11-25-23(13-19)27(32-31-25)26-14-20-8-4-5-9-24(20)30-26/h4-5,8-16,18,29-30H,1-3,6-7H2,(H,31,32). The van der Waals surface area contributed by atoms with Crippen molar-refractivity contribution in [3.63, 3.8) is 0 Å². The molecule has 5 heteroatoms. The number of nitrogens with zero attached hydrogens (tertiary/aromatic N) is 2. The van der Waals surface area contributed by atoms with Gasteiger partial charge < -0.3 is 10.3 Å². The minimum atomic E-state index is 0.569. The van der Waals surface area contributed by atoms with Crippen LogP contribution in [0.15, 0.2) is 79.3 Å². The fraction of sp³-hybridized carbons (Fsp3) is 0.185. The van der Waals surface area contributed by atoms with E-state index in [4.69, 9.17) is 0 Å². The number of benzene rings is 2. The second-order valence-electron chi connectivity index (χ2n) is 8.70. The van der Waals surface area contributed by atoms with Crippen LogP contribution in [0.1, 0.15) is 25.7 Å². The molecule has 5 nitrogen and oxygen atoms in total. The number of nitrogens with one attached hydrogen (secondary N) is 3. The highest BCUT2D eigenvalue weighted by molar-refractivity contribution is 5.97. The van der Waals surface area contributed by atoms with E-state index in [-0.39, 0.29) is 0 Å². The molecule has 6 rings (SSSR count). The molecule has 158 valence electrons. The Morgan fingerprint density at radius 1 is 0.938 bits per heavy atom. The van der Waals surface area contributed by atoms with E-state index in [0.29, 0.717) is 5.92 Å². The Bertz CT molecular complexity index is 1400. The Morgan fingerprint density at radius 3 is 2.69 bits per heavy atom. The van der Waals surface area contributed by atoms with Gasteiger partial charge in [0.1, 0.15) is 5.69 Å². The van der Waals surface area contributed by atoms with Crippen molar-refractivity contribution in [2.75, 3.05) is 5.32 Å². The molecule has 0 amide bonds. The maximum Gasteiger partial charge on any atom is 0.116 e. The summed E-state index contributed by atoms with van der Waals surface area (Å²) in [6.07, 6.45) is 8.84. The number of aromatic amines is 2. The van der Waals surface area contributed by atoms with Gasteiger partial charge in [-0.2, -0.15) is 5.10 Å². The van der Waals surface area contributed by atoms with E-state index in [1.165, 1.54) is 31.1 Å². The normalized spacial score (nSPS) is 14.4. The molecule has 3 N–H and O–H groups in total. The fourth-order valence-corrected chi connectivity index (χ4v) is 4.83. The predicted octanol–water partition coefficient (Wildman–Crippen LogP) is 6.89. The van der Waals surface area contributed by atoms with Crippen molar-refractivity contribution in [2.24, 2.45) is 5.92 Å². The lowest BCUT2D eigenvalue weighted by Gasteiger charge is -2.16. The first-order chi connectivity index (χ1) is 15.7. The molecule has 0 unspecified atom stereocenters. The van der Waals surface area contributed by atoms with Crippen LogP contribution in [-0.4, -0.2) is 20.2 Å². The Hall–Kier alpha value is -3.86. The number of pyridine rings is 1. The van der Waals surface area contributed by atoms with Gasteiger partial charge in [-0.1, -0.05) is 43.7 Å². The summed E-state index contributed by atoms with van der Waals surface area (Å²) in [6, 6.07) is 19.0. The lowest BCUT2D eigenvalue weighted by molar-refractivity contribution is 0.649. The Morgan fingerprint density at radius 2 is 1.81 bits per heavy atom. The largest absolute Gasteiger partial charge is 0.358 e. The van der Waals surface area contributed by atoms with Gasteiger partial charge in [0.2, 0.25) is 0 Å². The maximum atomic E-state index is 4.60. The summed E-state index contributed by atoms with van der Waals surface area (Å²) in [4.78, 5) is 7.98. The van der Waals surface area contributed by atoms with Gasteiger partial charge in [-0.25, -0.2) is 0 Å². The number of para-hydroxylation sites is 1. The minimum Gasteiger partial charge on any atom is -0.358 e. The van der Waals surface area contributed by atoms with Gasteiger partial charge in [-0.05, 0) is 54.7 Å². The van der Waals surface area contributed by atoms with E-state index < -0.39 is 0 Å². The number of anilines is 1. The highest BCUT2D eigenvalue weighted by atomic mass is 15.1. The molecule has 1 saturated carbocycles. The zero-order valence-electron chi connectivity index (χ0n) is 17.9. The molecular weight excluding hydrogens is 394 g/mol. The van der Waals surface area contributed by atoms with E-state index in [1.54, 1.807) is 0 Å². The molecule has 0 atom stereocenters. The Labute approximate surface area is 186 Å². The van der Waals surface area contributed by atoms with E-state index >= 15 is 0 Å². The Balaban J connectivity index is 1.35. The van der Waals surface area contributed by atoms with Crippen molar-refractivity contribution < 1.29 is 0 Å². The van der Waals surface area contributed by atoms with Crippen LogP contribution in [0.2, 0.25) is 0 Å². The van der Waals surface area contributed by atoms with Crippen molar-refractivity contribution in [1.82, 2.24) is 20.2 Å². The topological polar surface area (TPSA) is 69.4 Å². The predicted molar refractivity (Wildman–Crippen MR) is 131 cm³/mol. The van der Waals surface area contributed by atoms with Crippen molar-refractivity contribution >= 4 is 27.5 Å². The summed E-state index contributed by atoms with van der Waals surface area (Å²) < 4.78 is 0. The van der Waals surface area contributed by atoms with Gasteiger partial charge >= 0.3 is 0 Å². The number of allylic oxidation sites excluding steroid dienone is 1. The van der Waals surface area contributed by atoms with E-state index in [1.807, 2.05) is 18.5 Å². The van der Waals surface area contributed by atoms with Gasteiger partial charge in [-0.3, -0.25) is 10.1 Å². The molecule has 3 aromatic heterocycles. The molecule has 3 heterocycles. The van der Waals surface area contributed by atoms with Crippen molar-refractivity contribution in [3.8, 4) is 22.5 Å². The SMILES string of the molecule is C=C(Nc1cncc(-c2ccc3[nH]nc(-c4cc5ccccc5[nH]4)c3c2)c1)C1CCCC1. The number of fused-ring (bicyclic) bond motifs is 2. The van der Waals surface area contributed by atoms with Crippen LogP contribution in [0.3, 0.4) is 0 Å². The smallest absolute Gasteiger partial charge is 0.116 e. The van der Waals surface area contributed by atoms with Gasteiger partial charge in [0.25, 0.3) is 0 Å². The molecule has 0 saturated heterocycles.